The van der Waals surface area contributed by atoms with Crippen molar-refractivity contribution in [1.82, 2.24) is 14.8 Å². The normalized spacial score (nSPS) is 17.0. The van der Waals surface area contributed by atoms with E-state index in [9.17, 15) is 4.79 Å². The van der Waals surface area contributed by atoms with Crippen molar-refractivity contribution in [3.05, 3.63) is 98.8 Å². The first-order valence-electron chi connectivity index (χ1n) is 10.9. The molecule has 0 saturated carbocycles. The summed E-state index contributed by atoms with van der Waals surface area (Å²) in [7, 11) is 0. The van der Waals surface area contributed by atoms with E-state index in [1.807, 2.05) is 11.8 Å². The van der Waals surface area contributed by atoms with Gasteiger partial charge in [0.1, 0.15) is 0 Å². The maximum absolute atomic E-state index is 13.2. The summed E-state index contributed by atoms with van der Waals surface area (Å²) < 4.78 is 0.878. The topological polar surface area (TPSA) is 36.4 Å². The van der Waals surface area contributed by atoms with Crippen LogP contribution in [0.1, 0.15) is 44.2 Å². The van der Waals surface area contributed by atoms with Crippen molar-refractivity contribution >= 4 is 21.8 Å². The summed E-state index contributed by atoms with van der Waals surface area (Å²) in [6.45, 7) is 5.14. The van der Waals surface area contributed by atoms with Gasteiger partial charge in [-0.1, -0.05) is 48.5 Å². The Kier molecular flexibility index (Phi) is 5.63. The van der Waals surface area contributed by atoms with Crippen LogP contribution in [-0.2, 0) is 12.8 Å². The van der Waals surface area contributed by atoms with Gasteiger partial charge in [0.25, 0.3) is 5.91 Å². The zero-order valence-electron chi connectivity index (χ0n) is 17.7. The Bertz CT molecular complexity index is 1070. The summed E-state index contributed by atoms with van der Waals surface area (Å²) in [6.07, 6.45) is 5.59. The first-order valence-corrected chi connectivity index (χ1v) is 11.7. The third-order valence-electron chi connectivity index (χ3n) is 6.71. The molecule has 1 aliphatic carbocycles. The van der Waals surface area contributed by atoms with E-state index in [1.54, 1.807) is 12.4 Å². The Labute approximate surface area is 192 Å². The number of hydrogen-bond donors (Lipinski definition) is 0. The van der Waals surface area contributed by atoms with Gasteiger partial charge in [-0.2, -0.15) is 0 Å². The third kappa shape index (κ3) is 3.81. The van der Waals surface area contributed by atoms with E-state index in [-0.39, 0.29) is 11.9 Å². The average molecular weight is 476 g/mol. The molecule has 0 spiro atoms. The molecule has 31 heavy (non-hydrogen) atoms. The fourth-order valence-corrected chi connectivity index (χ4v) is 5.29. The van der Waals surface area contributed by atoms with Crippen LogP contribution in [0.15, 0.2) is 65.4 Å². The Morgan fingerprint density at radius 2 is 1.48 bits per heavy atom. The first kappa shape index (κ1) is 20.4. The largest absolute Gasteiger partial charge is 0.336 e. The number of halogens is 1. The lowest BCUT2D eigenvalue weighted by Gasteiger charge is -2.40. The Morgan fingerprint density at radius 3 is 2.10 bits per heavy atom. The number of nitrogens with zero attached hydrogens (tertiary/aromatic N) is 3. The number of carbonyl (C=O) groups excluding carboxylic acids is 1. The SMILES string of the molecule is Cc1c(Br)cncc1C(=O)N1CCN(C2c3ccccc3CCc3ccccc32)CC1. The van der Waals surface area contributed by atoms with Crippen LogP contribution < -0.4 is 0 Å². The van der Waals surface area contributed by atoms with Gasteiger partial charge in [0, 0.05) is 43.0 Å². The lowest BCUT2D eigenvalue weighted by atomic mass is 9.92. The van der Waals surface area contributed by atoms with Crippen molar-refractivity contribution in [2.75, 3.05) is 26.2 Å². The van der Waals surface area contributed by atoms with Crippen molar-refractivity contribution < 1.29 is 4.79 Å². The molecule has 0 radical (unpaired) electrons. The molecule has 0 bridgehead atoms. The van der Waals surface area contributed by atoms with E-state index in [4.69, 9.17) is 0 Å². The zero-order chi connectivity index (χ0) is 21.4. The Hall–Kier alpha value is -2.50. The van der Waals surface area contributed by atoms with Gasteiger partial charge in [0.15, 0.2) is 0 Å². The molecule has 5 rings (SSSR count). The zero-order valence-corrected chi connectivity index (χ0v) is 19.3. The number of amides is 1. The van der Waals surface area contributed by atoms with Crippen LogP contribution in [0.4, 0.5) is 0 Å². The molecule has 2 aromatic carbocycles. The minimum absolute atomic E-state index is 0.0765. The van der Waals surface area contributed by atoms with Crippen LogP contribution in [-0.4, -0.2) is 46.9 Å². The molecule has 3 aromatic rings. The van der Waals surface area contributed by atoms with Crippen molar-refractivity contribution in [1.29, 1.82) is 0 Å². The van der Waals surface area contributed by atoms with E-state index in [0.29, 0.717) is 5.56 Å². The van der Waals surface area contributed by atoms with Crippen molar-refractivity contribution in [2.45, 2.75) is 25.8 Å². The molecule has 1 aromatic heterocycles. The fourth-order valence-electron chi connectivity index (χ4n) is 4.96. The second-order valence-corrected chi connectivity index (χ2v) is 9.28. The number of aromatic nitrogens is 1. The standard InChI is InChI=1S/C26H26BrN3O/c1-18-23(16-28-17-24(18)27)26(31)30-14-12-29(13-15-30)25-21-8-4-2-6-19(21)10-11-20-7-3-5-9-22(20)25/h2-9,16-17,25H,10-15H2,1H3. The van der Waals surface area contributed by atoms with Crippen molar-refractivity contribution in [2.24, 2.45) is 0 Å². The highest BCUT2D eigenvalue weighted by molar-refractivity contribution is 9.10. The van der Waals surface area contributed by atoms with E-state index in [2.05, 4.69) is 74.3 Å². The van der Waals surface area contributed by atoms with Crippen LogP contribution in [0.3, 0.4) is 0 Å². The summed E-state index contributed by atoms with van der Waals surface area (Å²) in [5, 5.41) is 0. The molecular weight excluding hydrogens is 450 g/mol. The number of fused-ring (bicyclic) bond motifs is 2. The van der Waals surface area contributed by atoms with Gasteiger partial charge >= 0.3 is 0 Å². The molecule has 2 aliphatic rings. The molecule has 0 atom stereocenters. The van der Waals surface area contributed by atoms with E-state index < -0.39 is 0 Å². The molecule has 4 nitrogen and oxygen atoms in total. The van der Waals surface area contributed by atoms with Crippen LogP contribution in [0.2, 0.25) is 0 Å². The predicted molar refractivity (Wildman–Crippen MR) is 126 cm³/mol. The maximum Gasteiger partial charge on any atom is 0.255 e. The van der Waals surface area contributed by atoms with Crippen LogP contribution in [0, 0.1) is 6.92 Å². The van der Waals surface area contributed by atoms with Crippen LogP contribution in [0.5, 0.6) is 0 Å². The van der Waals surface area contributed by atoms with Gasteiger partial charge in [-0.25, -0.2) is 0 Å². The maximum atomic E-state index is 13.2. The van der Waals surface area contributed by atoms with Crippen LogP contribution in [0.25, 0.3) is 0 Å². The first-order chi connectivity index (χ1) is 15.1. The molecule has 158 valence electrons. The van der Waals surface area contributed by atoms with E-state index in [0.717, 1.165) is 49.1 Å². The summed E-state index contributed by atoms with van der Waals surface area (Å²) in [5.41, 5.74) is 7.36. The van der Waals surface area contributed by atoms with Gasteiger partial charge in [0.2, 0.25) is 0 Å². The van der Waals surface area contributed by atoms with E-state index >= 15 is 0 Å². The lowest BCUT2D eigenvalue weighted by Crippen LogP contribution is -2.50. The van der Waals surface area contributed by atoms with Crippen molar-refractivity contribution in [3.63, 3.8) is 0 Å². The molecule has 1 aliphatic heterocycles. The minimum Gasteiger partial charge on any atom is -0.336 e. The monoisotopic (exact) mass is 475 g/mol. The Morgan fingerprint density at radius 1 is 0.903 bits per heavy atom. The second-order valence-electron chi connectivity index (χ2n) is 8.42. The van der Waals surface area contributed by atoms with Gasteiger partial charge in [-0.05, 0) is 63.5 Å². The van der Waals surface area contributed by atoms with Gasteiger partial charge < -0.3 is 4.90 Å². The van der Waals surface area contributed by atoms with Gasteiger partial charge in [-0.15, -0.1) is 0 Å². The molecule has 1 amide bonds. The number of pyridine rings is 1. The number of carbonyl (C=O) groups is 1. The van der Waals surface area contributed by atoms with E-state index in [1.165, 1.54) is 22.3 Å². The summed E-state index contributed by atoms with van der Waals surface area (Å²) >= 11 is 3.50. The summed E-state index contributed by atoms with van der Waals surface area (Å²) in [5.74, 6) is 0.0765. The lowest BCUT2D eigenvalue weighted by molar-refractivity contribution is 0.0595. The number of benzene rings is 2. The molecule has 0 N–H and O–H groups in total. The molecule has 2 heterocycles. The highest BCUT2D eigenvalue weighted by atomic mass is 79.9. The van der Waals surface area contributed by atoms with Crippen molar-refractivity contribution in [3.8, 4) is 0 Å². The number of aryl methyl sites for hydroxylation is 2. The predicted octanol–water partition coefficient (Wildman–Crippen LogP) is 4.80. The smallest absolute Gasteiger partial charge is 0.255 e. The third-order valence-corrected chi connectivity index (χ3v) is 7.51. The van der Waals surface area contributed by atoms with Gasteiger partial charge in [0.05, 0.1) is 11.6 Å². The number of piperazine rings is 1. The average Bonchev–Trinajstić information content (AvgIpc) is 2.97. The van der Waals surface area contributed by atoms with Crippen LogP contribution >= 0.6 is 15.9 Å². The molecule has 1 saturated heterocycles. The quantitative estimate of drug-likeness (QED) is 0.534. The molecule has 5 heteroatoms. The minimum atomic E-state index is 0.0765. The molecular formula is C26H26BrN3O. The number of rotatable bonds is 2. The number of hydrogen-bond acceptors (Lipinski definition) is 3. The Balaban J connectivity index is 1.41. The molecule has 1 fully saturated rings. The fraction of sp³-hybridized carbons (Fsp3) is 0.308. The highest BCUT2D eigenvalue weighted by Crippen LogP contribution is 2.37. The summed E-state index contributed by atoms with van der Waals surface area (Å²) in [6, 6.07) is 18.0. The highest BCUT2D eigenvalue weighted by Gasteiger charge is 2.32. The summed E-state index contributed by atoms with van der Waals surface area (Å²) in [4.78, 5) is 21.9. The van der Waals surface area contributed by atoms with Gasteiger partial charge in [-0.3, -0.25) is 14.7 Å². The second kappa shape index (κ2) is 8.56. The molecule has 0 unspecified atom stereocenters.